The van der Waals surface area contributed by atoms with E-state index in [1.807, 2.05) is 0 Å². The van der Waals surface area contributed by atoms with Crippen molar-refractivity contribution in [3.05, 3.63) is 110 Å². The molecule has 5 aromatic rings. The quantitative estimate of drug-likeness (QED) is 0.376. The Balaban J connectivity index is 1.91. The third-order valence-electron chi connectivity index (χ3n) is 5.73. The van der Waals surface area contributed by atoms with E-state index in [0.717, 1.165) is 6.07 Å². The van der Waals surface area contributed by atoms with Crippen LogP contribution < -0.4 is 16.0 Å². The van der Waals surface area contributed by atoms with Gasteiger partial charge in [0.1, 0.15) is 22.7 Å². The van der Waals surface area contributed by atoms with E-state index in [2.05, 4.69) is 0 Å². The molecule has 3 aromatic carbocycles. The van der Waals surface area contributed by atoms with Crippen molar-refractivity contribution in [3.8, 4) is 17.2 Å². The van der Waals surface area contributed by atoms with Gasteiger partial charge in [0.15, 0.2) is 11.6 Å². The summed E-state index contributed by atoms with van der Waals surface area (Å²) in [5.74, 6) is -3.16. The van der Waals surface area contributed by atoms with E-state index in [0.29, 0.717) is 0 Å². The molecule has 2 N–H and O–H groups in total. The van der Waals surface area contributed by atoms with Crippen LogP contribution in [0.2, 0.25) is 0 Å². The van der Waals surface area contributed by atoms with Crippen LogP contribution in [-0.4, -0.2) is 17.3 Å². The molecule has 0 aliphatic carbocycles. The Morgan fingerprint density at radius 3 is 1.76 bits per heavy atom. The van der Waals surface area contributed by atoms with E-state index in [-0.39, 0.29) is 44.4 Å². The summed E-state index contributed by atoms with van der Waals surface area (Å²) in [7, 11) is 1.29. The summed E-state index contributed by atoms with van der Waals surface area (Å²) >= 11 is 0. The maximum atomic E-state index is 14.7. The molecule has 170 valence electrons. The van der Waals surface area contributed by atoms with Crippen LogP contribution in [0, 0.1) is 5.82 Å². The lowest BCUT2D eigenvalue weighted by molar-refractivity contribution is 0.386. The fraction of sp³-hybridized carbons (Fsp3) is 0.0769. The highest BCUT2D eigenvalue weighted by Crippen LogP contribution is 2.42. The van der Waals surface area contributed by atoms with Crippen LogP contribution in [0.3, 0.4) is 0 Å². The van der Waals surface area contributed by atoms with Gasteiger partial charge in [-0.1, -0.05) is 30.3 Å². The van der Waals surface area contributed by atoms with Crippen molar-refractivity contribution in [1.82, 2.24) is 0 Å². The molecule has 2 aromatic heterocycles. The monoisotopic (exact) mass is 460 g/mol. The van der Waals surface area contributed by atoms with Crippen LogP contribution in [-0.2, 0) is 0 Å². The average Bonchev–Trinajstić information content (AvgIpc) is 2.83. The fourth-order valence-corrected chi connectivity index (χ4v) is 4.14. The van der Waals surface area contributed by atoms with Gasteiger partial charge in [0.05, 0.1) is 34.9 Å². The largest absolute Gasteiger partial charge is 0.507 e. The maximum absolute atomic E-state index is 14.7. The van der Waals surface area contributed by atoms with Crippen LogP contribution in [0.5, 0.6) is 17.2 Å². The van der Waals surface area contributed by atoms with E-state index in [1.165, 1.54) is 43.5 Å². The molecular formula is C26H17FO7. The van der Waals surface area contributed by atoms with Gasteiger partial charge < -0.3 is 23.8 Å². The topological polar surface area (TPSA) is 110 Å². The number of hydrogen-bond acceptors (Lipinski definition) is 7. The summed E-state index contributed by atoms with van der Waals surface area (Å²) < 4.78 is 30.4. The first-order valence-corrected chi connectivity index (χ1v) is 10.2. The predicted octanol–water partition coefficient (Wildman–Crippen LogP) is 4.64. The molecule has 0 fully saturated rings. The average molecular weight is 460 g/mol. The number of rotatable bonds is 4. The fourth-order valence-electron chi connectivity index (χ4n) is 4.14. The predicted molar refractivity (Wildman–Crippen MR) is 122 cm³/mol. The number of methoxy groups -OCH3 is 1. The molecule has 8 heteroatoms. The Kier molecular flexibility index (Phi) is 5.05. The first kappa shape index (κ1) is 21.3. The number of hydrogen-bond donors (Lipinski definition) is 2. The van der Waals surface area contributed by atoms with Gasteiger partial charge >= 0.3 is 11.3 Å². The molecule has 2 heterocycles. The van der Waals surface area contributed by atoms with Crippen molar-refractivity contribution in [2.24, 2.45) is 0 Å². The standard InChI is InChI=1S/C26H17FO7/c1-32-19-11-10-13(12-16(19)27)20(21-23(28)14-6-2-4-8-17(14)33-25(21)30)22-24(29)15-7-3-5-9-18(15)34-26(22)31/h2-12,20,28-29H,1H3. The van der Waals surface area contributed by atoms with Crippen molar-refractivity contribution in [2.45, 2.75) is 5.92 Å². The summed E-state index contributed by atoms with van der Waals surface area (Å²) in [5.41, 5.74) is -2.25. The van der Waals surface area contributed by atoms with E-state index in [4.69, 9.17) is 13.6 Å². The Morgan fingerprint density at radius 1 is 0.794 bits per heavy atom. The Labute approximate surface area is 190 Å². The molecule has 0 saturated heterocycles. The normalized spacial score (nSPS) is 11.4. The van der Waals surface area contributed by atoms with Crippen molar-refractivity contribution < 1.29 is 28.2 Å². The molecule has 0 unspecified atom stereocenters. The van der Waals surface area contributed by atoms with Gasteiger partial charge in [-0.15, -0.1) is 0 Å². The molecule has 5 rings (SSSR count). The molecule has 0 bridgehead atoms. The summed E-state index contributed by atoms with van der Waals surface area (Å²) in [6, 6.07) is 16.4. The van der Waals surface area contributed by atoms with E-state index in [1.54, 1.807) is 24.3 Å². The second kappa shape index (κ2) is 8.08. The maximum Gasteiger partial charge on any atom is 0.344 e. The summed E-state index contributed by atoms with van der Waals surface area (Å²) in [5, 5.41) is 22.6. The third-order valence-corrected chi connectivity index (χ3v) is 5.73. The van der Waals surface area contributed by atoms with Crippen molar-refractivity contribution in [1.29, 1.82) is 0 Å². The van der Waals surface area contributed by atoms with Gasteiger partial charge in [-0.3, -0.25) is 0 Å². The van der Waals surface area contributed by atoms with Crippen molar-refractivity contribution >= 4 is 21.9 Å². The number of aromatic hydroxyl groups is 2. The minimum atomic E-state index is -1.41. The second-order valence-electron chi connectivity index (χ2n) is 7.62. The molecule has 7 nitrogen and oxygen atoms in total. The minimum absolute atomic E-state index is 0.0629. The zero-order valence-electron chi connectivity index (χ0n) is 17.7. The number of para-hydroxylation sites is 2. The van der Waals surface area contributed by atoms with Crippen LogP contribution in [0.15, 0.2) is 85.2 Å². The smallest absolute Gasteiger partial charge is 0.344 e. The highest BCUT2D eigenvalue weighted by molar-refractivity contribution is 5.86. The second-order valence-corrected chi connectivity index (χ2v) is 7.62. The molecule has 0 aliphatic rings. The highest BCUT2D eigenvalue weighted by atomic mass is 19.1. The first-order valence-electron chi connectivity index (χ1n) is 10.2. The van der Waals surface area contributed by atoms with Crippen molar-refractivity contribution in [3.63, 3.8) is 0 Å². The lowest BCUT2D eigenvalue weighted by Crippen LogP contribution is -2.21. The molecule has 0 radical (unpaired) electrons. The summed E-state index contributed by atoms with van der Waals surface area (Å²) in [4.78, 5) is 26.2. The lowest BCUT2D eigenvalue weighted by Gasteiger charge is -2.20. The summed E-state index contributed by atoms with van der Waals surface area (Å²) in [6.07, 6.45) is 0. The van der Waals surface area contributed by atoms with Gasteiger partial charge in [0.2, 0.25) is 0 Å². The molecule has 0 saturated carbocycles. The van der Waals surface area contributed by atoms with Gasteiger partial charge in [-0.2, -0.15) is 0 Å². The van der Waals surface area contributed by atoms with E-state index < -0.39 is 34.5 Å². The Morgan fingerprint density at radius 2 is 1.29 bits per heavy atom. The zero-order valence-corrected chi connectivity index (χ0v) is 17.7. The van der Waals surface area contributed by atoms with Gasteiger partial charge in [-0.25, -0.2) is 14.0 Å². The molecule has 0 atom stereocenters. The number of halogens is 1. The molecular weight excluding hydrogens is 443 g/mol. The Bertz CT molecular complexity index is 1580. The minimum Gasteiger partial charge on any atom is -0.507 e. The van der Waals surface area contributed by atoms with Gasteiger partial charge in [0, 0.05) is 0 Å². The number of benzene rings is 3. The zero-order chi connectivity index (χ0) is 24.0. The lowest BCUT2D eigenvalue weighted by atomic mass is 9.84. The van der Waals surface area contributed by atoms with E-state index in [9.17, 15) is 24.2 Å². The molecule has 0 amide bonds. The SMILES string of the molecule is COc1ccc(C(c2c(O)c3ccccc3oc2=O)c2c(O)c3ccccc3oc2=O)cc1F. The third kappa shape index (κ3) is 3.27. The Hall–Kier alpha value is -4.59. The van der Waals surface area contributed by atoms with Crippen LogP contribution in [0.1, 0.15) is 22.6 Å². The highest BCUT2D eigenvalue weighted by Gasteiger charge is 2.33. The van der Waals surface area contributed by atoms with Gasteiger partial charge in [0.25, 0.3) is 0 Å². The van der Waals surface area contributed by atoms with Crippen LogP contribution in [0.4, 0.5) is 4.39 Å². The molecule has 0 aliphatic heterocycles. The van der Waals surface area contributed by atoms with E-state index >= 15 is 0 Å². The van der Waals surface area contributed by atoms with Gasteiger partial charge in [-0.05, 0) is 42.0 Å². The number of ether oxygens (including phenoxy) is 1. The van der Waals surface area contributed by atoms with Crippen molar-refractivity contribution in [2.75, 3.05) is 7.11 Å². The molecule has 0 spiro atoms. The first-order chi connectivity index (χ1) is 16.4. The summed E-state index contributed by atoms with van der Waals surface area (Å²) in [6.45, 7) is 0. The molecule has 34 heavy (non-hydrogen) atoms. The van der Waals surface area contributed by atoms with Crippen LogP contribution >= 0.6 is 0 Å². The number of fused-ring (bicyclic) bond motifs is 2. The van der Waals surface area contributed by atoms with Crippen LogP contribution in [0.25, 0.3) is 21.9 Å².